The van der Waals surface area contributed by atoms with Gasteiger partial charge in [-0.25, -0.2) is 5.43 Å². The Hall–Kier alpha value is -3.95. The van der Waals surface area contributed by atoms with Gasteiger partial charge < -0.3 is 9.90 Å². The highest BCUT2D eigenvalue weighted by Gasteiger charge is 2.17. The number of aromatic carboxylic acids is 1. The summed E-state index contributed by atoms with van der Waals surface area (Å²) in [5.74, 6) is -1.07. The van der Waals surface area contributed by atoms with Crippen molar-refractivity contribution in [3.8, 4) is 17.1 Å². The fraction of sp³-hybridized carbons (Fsp3) is 0.0417. The van der Waals surface area contributed by atoms with Crippen LogP contribution in [0.1, 0.15) is 15.9 Å². The number of rotatable bonds is 8. The summed E-state index contributed by atoms with van der Waals surface area (Å²) < 4.78 is 1.85. The highest BCUT2D eigenvalue weighted by Crippen LogP contribution is 2.28. The summed E-state index contributed by atoms with van der Waals surface area (Å²) in [5.41, 5.74) is 4.38. The fourth-order valence-corrected chi connectivity index (χ4v) is 3.96. The van der Waals surface area contributed by atoms with Crippen molar-refractivity contribution in [2.75, 3.05) is 5.75 Å². The lowest BCUT2D eigenvalue weighted by Crippen LogP contribution is -2.24. The minimum absolute atomic E-state index is 0.0139. The summed E-state index contributed by atoms with van der Waals surface area (Å²) in [5, 5.41) is 24.7. The lowest BCUT2D eigenvalue weighted by Gasteiger charge is -2.10. The minimum Gasteiger partial charge on any atom is -0.545 e. The summed E-state index contributed by atoms with van der Waals surface area (Å²) >= 11 is 7.23. The molecule has 1 heterocycles. The Bertz CT molecular complexity index is 1340. The first-order chi connectivity index (χ1) is 16.5. The van der Waals surface area contributed by atoms with Gasteiger partial charge in [-0.15, -0.1) is 10.2 Å². The second-order valence-corrected chi connectivity index (χ2v) is 8.32. The number of nitrogens with zero attached hydrogens (tertiary/aromatic N) is 4. The van der Waals surface area contributed by atoms with E-state index in [-0.39, 0.29) is 17.2 Å². The van der Waals surface area contributed by atoms with Crippen molar-refractivity contribution >= 4 is 41.5 Å². The van der Waals surface area contributed by atoms with Crippen LogP contribution in [0, 0.1) is 0 Å². The molecule has 1 amide bonds. The van der Waals surface area contributed by atoms with E-state index < -0.39 is 5.97 Å². The number of carbonyl (C=O) groups excluding carboxylic acids is 2. The maximum Gasteiger partial charge on any atom is 0.250 e. The van der Waals surface area contributed by atoms with E-state index in [1.54, 1.807) is 30.3 Å². The molecule has 3 aromatic carbocycles. The zero-order valence-corrected chi connectivity index (χ0v) is 19.2. The predicted octanol–water partition coefficient (Wildman–Crippen LogP) is 3.19. The molecule has 0 aliphatic heterocycles. The third kappa shape index (κ3) is 5.51. The maximum absolute atomic E-state index is 12.3. The van der Waals surface area contributed by atoms with Gasteiger partial charge >= 0.3 is 0 Å². The van der Waals surface area contributed by atoms with Crippen LogP contribution in [0.15, 0.2) is 89.1 Å². The number of halogens is 1. The van der Waals surface area contributed by atoms with Crippen LogP contribution in [0.3, 0.4) is 0 Å². The van der Waals surface area contributed by atoms with Gasteiger partial charge in [-0.3, -0.25) is 9.36 Å². The van der Waals surface area contributed by atoms with E-state index in [1.165, 1.54) is 24.0 Å². The number of thioether (sulfide) groups is 1. The van der Waals surface area contributed by atoms with Gasteiger partial charge in [0.05, 0.1) is 17.9 Å². The number of amides is 1. The van der Waals surface area contributed by atoms with Gasteiger partial charge in [0, 0.05) is 27.4 Å². The highest BCUT2D eigenvalue weighted by molar-refractivity contribution is 7.99. The van der Waals surface area contributed by atoms with E-state index in [2.05, 4.69) is 20.7 Å². The van der Waals surface area contributed by atoms with Crippen molar-refractivity contribution in [2.24, 2.45) is 5.10 Å². The first-order valence-electron chi connectivity index (χ1n) is 10.0. The van der Waals surface area contributed by atoms with E-state index in [1.807, 2.05) is 47.0 Å². The Labute approximate surface area is 204 Å². The molecule has 0 saturated heterocycles. The van der Waals surface area contributed by atoms with Crippen LogP contribution >= 0.6 is 23.4 Å². The van der Waals surface area contributed by atoms with Crippen LogP contribution in [0.4, 0.5) is 0 Å². The number of carbonyl (C=O) groups is 2. The van der Waals surface area contributed by atoms with Crippen molar-refractivity contribution in [1.82, 2.24) is 20.2 Å². The van der Waals surface area contributed by atoms with Gasteiger partial charge in [-0.1, -0.05) is 78.0 Å². The molecule has 0 aliphatic rings. The minimum atomic E-state index is -1.32. The second-order valence-electron chi connectivity index (χ2n) is 6.94. The quantitative estimate of drug-likeness (QED) is 0.230. The van der Waals surface area contributed by atoms with Gasteiger partial charge in [0.15, 0.2) is 11.0 Å². The third-order valence-electron chi connectivity index (χ3n) is 4.66. The van der Waals surface area contributed by atoms with Crippen molar-refractivity contribution in [3.05, 3.63) is 95.0 Å². The Morgan fingerprint density at radius 2 is 1.71 bits per heavy atom. The molecule has 0 radical (unpaired) electrons. The molecule has 4 aromatic rings. The number of nitrogens with one attached hydrogen (secondary N) is 1. The van der Waals surface area contributed by atoms with E-state index in [0.717, 1.165) is 11.3 Å². The molecule has 8 nitrogen and oxygen atoms in total. The van der Waals surface area contributed by atoms with E-state index >= 15 is 0 Å². The summed E-state index contributed by atoms with van der Waals surface area (Å²) in [6.07, 6.45) is 1.26. The fourth-order valence-electron chi connectivity index (χ4n) is 3.09. The van der Waals surface area contributed by atoms with Crippen LogP contribution < -0.4 is 10.5 Å². The smallest absolute Gasteiger partial charge is 0.250 e. The molecule has 34 heavy (non-hydrogen) atoms. The summed E-state index contributed by atoms with van der Waals surface area (Å²) in [6.45, 7) is 0. The summed E-state index contributed by atoms with van der Waals surface area (Å²) in [6, 6.07) is 23.0. The van der Waals surface area contributed by atoms with Crippen LogP contribution in [0.5, 0.6) is 0 Å². The molecule has 0 fully saturated rings. The highest BCUT2D eigenvalue weighted by atomic mass is 35.5. The molecule has 0 aliphatic carbocycles. The van der Waals surface area contributed by atoms with Gasteiger partial charge in [0.25, 0.3) is 5.91 Å². The van der Waals surface area contributed by atoms with Gasteiger partial charge in [0.1, 0.15) is 0 Å². The molecular formula is C24H17ClN5O3S-. The van der Waals surface area contributed by atoms with E-state index in [4.69, 9.17) is 11.6 Å². The predicted molar refractivity (Wildman–Crippen MR) is 129 cm³/mol. The summed E-state index contributed by atoms with van der Waals surface area (Å²) in [4.78, 5) is 23.5. The number of hydrogen-bond acceptors (Lipinski definition) is 7. The van der Waals surface area contributed by atoms with Crippen LogP contribution in [0.25, 0.3) is 17.1 Å². The standard InChI is InChI=1S/C24H18ClN5O3S/c25-18-10-12-19(13-11-18)30-22(16-6-2-1-3-7-16)28-29-24(30)34-15-21(31)27-26-14-17-8-4-5-9-20(17)23(32)33/h1-14H,15H2,(H,27,31)(H,32,33)/p-1/b26-14-. The van der Waals surface area contributed by atoms with Gasteiger partial charge in [0.2, 0.25) is 0 Å². The largest absolute Gasteiger partial charge is 0.545 e. The second kappa shape index (κ2) is 10.8. The molecule has 4 rings (SSSR count). The Morgan fingerprint density at radius 1 is 1.00 bits per heavy atom. The van der Waals surface area contributed by atoms with E-state index in [0.29, 0.717) is 21.6 Å². The zero-order chi connectivity index (χ0) is 23.9. The average Bonchev–Trinajstić information content (AvgIpc) is 3.28. The zero-order valence-electron chi connectivity index (χ0n) is 17.6. The van der Waals surface area contributed by atoms with E-state index in [9.17, 15) is 14.7 Å². The lowest BCUT2D eigenvalue weighted by atomic mass is 10.1. The summed E-state index contributed by atoms with van der Waals surface area (Å²) in [7, 11) is 0. The van der Waals surface area contributed by atoms with Crippen molar-refractivity contribution in [3.63, 3.8) is 0 Å². The molecule has 0 atom stereocenters. The number of carboxylic acids is 1. The van der Waals surface area contributed by atoms with Crippen molar-refractivity contribution < 1.29 is 14.7 Å². The number of hydrogen-bond donors (Lipinski definition) is 1. The molecule has 170 valence electrons. The third-order valence-corrected chi connectivity index (χ3v) is 5.84. The number of aromatic nitrogens is 3. The first-order valence-corrected chi connectivity index (χ1v) is 11.4. The lowest BCUT2D eigenvalue weighted by molar-refractivity contribution is -0.255. The Kier molecular flexibility index (Phi) is 7.36. The van der Waals surface area contributed by atoms with Crippen LogP contribution in [-0.2, 0) is 4.79 Å². The van der Waals surface area contributed by atoms with Crippen LogP contribution in [-0.4, -0.2) is 38.6 Å². The molecular weight excluding hydrogens is 474 g/mol. The van der Waals surface area contributed by atoms with Crippen LogP contribution in [0.2, 0.25) is 5.02 Å². The monoisotopic (exact) mass is 490 g/mol. The Morgan fingerprint density at radius 3 is 2.44 bits per heavy atom. The molecule has 1 aromatic heterocycles. The SMILES string of the molecule is O=C(CSc1nnc(-c2ccccc2)n1-c1ccc(Cl)cc1)N/N=C\c1ccccc1C(=O)[O-]. The normalized spacial score (nSPS) is 11.0. The maximum atomic E-state index is 12.3. The number of benzene rings is 3. The topological polar surface area (TPSA) is 112 Å². The molecule has 0 spiro atoms. The molecule has 10 heteroatoms. The molecule has 0 bridgehead atoms. The van der Waals surface area contributed by atoms with Gasteiger partial charge in [-0.2, -0.15) is 5.10 Å². The molecule has 1 N–H and O–H groups in total. The first kappa shape index (κ1) is 23.2. The van der Waals surface area contributed by atoms with Crippen molar-refractivity contribution in [2.45, 2.75) is 5.16 Å². The number of hydrazone groups is 1. The molecule has 0 saturated carbocycles. The van der Waals surface area contributed by atoms with Crippen molar-refractivity contribution in [1.29, 1.82) is 0 Å². The molecule has 0 unspecified atom stereocenters. The Balaban J connectivity index is 1.50. The van der Waals surface area contributed by atoms with Gasteiger partial charge in [-0.05, 0) is 24.3 Å². The number of carboxylic acid groups (broad SMARTS) is 1. The average molecular weight is 491 g/mol.